The minimum Gasteiger partial charge on any atom is -0.405 e. The van der Waals surface area contributed by atoms with Crippen LogP contribution in [0.4, 0.5) is 30.7 Å². The molecule has 0 aliphatic rings. The molecule has 0 amide bonds. The maximum Gasteiger partial charge on any atom is 0.573 e. The van der Waals surface area contributed by atoms with Crippen LogP contribution in [0.3, 0.4) is 0 Å². The van der Waals surface area contributed by atoms with Crippen LogP contribution in [0.1, 0.15) is 11.3 Å². The molecule has 0 aliphatic heterocycles. The highest BCUT2D eigenvalue weighted by atomic mass is 19.4. The average molecular weight is 487 g/mol. The molecule has 0 saturated heterocycles. The zero-order valence-electron chi connectivity index (χ0n) is 16.6. The topological polar surface area (TPSA) is 86.0 Å². The number of rotatable bonds is 6. The third-order valence-corrected chi connectivity index (χ3v) is 4.92. The number of tetrazole rings is 1. The van der Waals surface area contributed by atoms with Crippen LogP contribution in [0, 0.1) is 11.6 Å². The predicted molar refractivity (Wildman–Crippen MR) is 100 cm³/mol. The maximum absolute atomic E-state index is 15.8. The monoisotopic (exact) mass is 487 g/mol. The standard InChI is InChI=1S/C20H12F7N5O2/c21-11-4-6-13(14(22)8-11)18(33,9-32-10-28-30-31-32)19(23,24)17-7-5-12-15(29-17)2-1-3-16(12)34-20(25,26)27/h1-8,10,33H,9H2. The third kappa shape index (κ3) is 4.23. The van der Waals surface area contributed by atoms with E-state index in [2.05, 4.69) is 25.2 Å². The summed E-state index contributed by atoms with van der Waals surface area (Å²) in [5.74, 6) is -7.60. The minimum atomic E-state index is -5.04. The lowest BCUT2D eigenvalue weighted by molar-refractivity contribution is -0.274. The Morgan fingerprint density at radius 1 is 0.971 bits per heavy atom. The van der Waals surface area contributed by atoms with Gasteiger partial charge in [-0.2, -0.15) is 8.78 Å². The maximum atomic E-state index is 15.8. The van der Waals surface area contributed by atoms with E-state index in [1.54, 1.807) is 0 Å². The number of ether oxygens (including phenoxy) is 1. The quantitative estimate of drug-likeness (QED) is 0.413. The van der Waals surface area contributed by atoms with Gasteiger partial charge in [0.2, 0.25) is 0 Å². The molecule has 7 nitrogen and oxygen atoms in total. The summed E-state index contributed by atoms with van der Waals surface area (Å²) in [6.07, 6.45) is -4.15. The number of halogens is 7. The summed E-state index contributed by atoms with van der Waals surface area (Å²) in [7, 11) is 0. The van der Waals surface area contributed by atoms with Gasteiger partial charge in [-0.3, -0.25) is 0 Å². The number of alkyl halides is 5. The molecular weight excluding hydrogens is 475 g/mol. The highest BCUT2D eigenvalue weighted by Crippen LogP contribution is 2.47. The number of nitrogens with zero attached hydrogens (tertiary/aromatic N) is 5. The first-order chi connectivity index (χ1) is 15.9. The molecule has 0 bridgehead atoms. The summed E-state index contributed by atoms with van der Waals surface area (Å²) in [5.41, 5.74) is -5.79. The fourth-order valence-electron chi connectivity index (χ4n) is 3.39. The van der Waals surface area contributed by atoms with Crippen molar-refractivity contribution in [2.75, 3.05) is 0 Å². The van der Waals surface area contributed by atoms with Gasteiger partial charge in [-0.25, -0.2) is 18.4 Å². The van der Waals surface area contributed by atoms with E-state index in [4.69, 9.17) is 0 Å². The van der Waals surface area contributed by atoms with E-state index in [-0.39, 0.29) is 10.9 Å². The highest BCUT2D eigenvalue weighted by molar-refractivity contribution is 5.85. The Bertz CT molecular complexity index is 1330. The van der Waals surface area contributed by atoms with Gasteiger partial charge < -0.3 is 9.84 Å². The number of hydrogen-bond acceptors (Lipinski definition) is 6. The summed E-state index contributed by atoms with van der Waals surface area (Å²) < 4.78 is 102. The van der Waals surface area contributed by atoms with Crippen LogP contribution in [0.5, 0.6) is 5.75 Å². The molecular formula is C20H12F7N5O2. The second kappa shape index (κ2) is 8.20. The lowest BCUT2D eigenvalue weighted by Crippen LogP contribution is -2.48. The Morgan fingerprint density at radius 3 is 2.38 bits per heavy atom. The van der Waals surface area contributed by atoms with Crippen molar-refractivity contribution in [3.05, 3.63) is 77.8 Å². The zero-order valence-corrected chi connectivity index (χ0v) is 16.6. The van der Waals surface area contributed by atoms with E-state index in [0.29, 0.717) is 28.9 Å². The summed E-state index contributed by atoms with van der Waals surface area (Å²) in [6, 6.07) is 6.40. The van der Waals surface area contributed by atoms with Crippen LogP contribution in [0.25, 0.3) is 10.9 Å². The molecule has 2 aromatic carbocycles. The van der Waals surface area contributed by atoms with Gasteiger partial charge in [-0.15, -0.1) is 18.3 Å². The molecule has 0 radical (unpaired) electrons. The number of benzene rings is 2. The van der Waals surface area contributed by atoms with Gasteiger partial charge in [0.1, 0.15) is 29.4 Å². The zero-order chi connectivity index (χ0) is 24.7. The fraction of sp³-hybridized carbons (Fsp3) is 0.200. The molecule has 4 rings (SSSR count). The predicted octanol–water partition coefficient (Wildman–Crippen LogP) is 4.08. The van der Waals surface area contributed by atoms with E-state index < -0.39 is 53.1 Å². The van der Waals surface area contributed by atoms with E-state index in [1.165, 1.54) is 0 Å². The van der Waals surface area contributed by atoms with Gasteiger partial charge >= 0.3 is 12.3 Å². The summed E-state index contributed by atoms with van der Waals surface area (Å²) in [6.45, 7) is -1.08. The van der Waals surface area contributed by atoms with Gasteiger partial charge in [0, 0.05) is 17.0 Å². The number of fused-ring (bicyclic) bond motifs is 1. The van der Waals surface area contributed by atoms with E-state index in [0.717, 1.165) is 30.6 Å². The molecule has 178 valence electrons. The molecule has 1 unspecified atom stereocenters. The normalized spacial score (nSPS) is 14.2. The summed E-state index contributed by atoms with van der Waals surface area (Å²) in [4.78, 5) is 3.69. The summed E-state index contributed by atoms with van der Waals surface area (Å²) >= 11 is 0. The van der Waals surface area contributed by atoms with E-state index in [9.17, 15) is 27.1 Å². The molecule has 0 spiro atoms. The Labute approximate surface area is 185 Å². The number of aromatic nitrogens is 5. The van der Waals surface area contributed by atoms with Crippen LogP contribution in [-0.4, -0.2) is 36.7 Å². The molecule has 34 heavy (non-hydrogen) atoms. The number of pyridine rings is 1. The van der Waals surface area contributed by atoms with Crippen LogP contribution in [0.15, 0.2) is 54.9 Å². The molecule has 14 heteroatoms. The highest BCUT2D eigenvalue weighted by Gasteiger charge is 2.58. The largest absolute Gasteiger partial charge is 0.573 e. The Hall–Kier alpha value is -3.81. The van der Waals surface area contributed by atoms with E-state index >= 15 is 8.78 Å². The van der Waals surface area contributed by atoms with Gasteiger partial charge in [-0.1, -0.05) is 6.07 Å². The van der Waals surface area contributed by atoms with Crippen molar-refractivity contribution in [3.8, 4) is 5.75 Å². The third-order valence-electron chi connectivity index (χ3n) is 4.92. The molecule has 0 fully saturated rings. The number of aliphatic hydroxyl groups is 1. The first kappa shape index (κ1) is 23.4. The van der Waals surface area contributed by atoms with Crippen molar-refractivity contribution in [2.24, 2.45) is 0 Å². The van der Waals surface area contributed by atoms with E-state index in [1.807, 2.05) is 0 Å². The van der Waals surface area contributed by atoms with Gasteiger partial charge in [0.05, 0.1) is 12.1 Å². The molecule has 2 aromatic heterocycles. The van der Waals surface area contributed by atoms with Crippen LogP contribution < -0.4 is 4.74 Å². The van der Waals surface area contributed by atoms with Gasteiger partial charge in [0.15, 0.2) is 5.60 Å². The molecule has 0 aliphatic carbocycles. The fourth-order valence-corrected chi connectivity index (χ4v) is 3.39. The summed E-state index contributed by atoms with van der Waals surface area (Å²) in [5, 5.41) is 20.8. The molecule has 0 saturated carbocycles. The van der Waals surface area contributed by atoms with Crippen LogP contribution >= 0.6 is 0 Å². The lowest BCUT2D eigenvalue weighted by Gasteiger charge is -2.35. The van der Waals surface area contributed by atoms with Gasteiger partial charge in [-0.05, 0) is 46.8 Å². The van der Waals surface area contributed by atoms with Crippen molar-refractivity contribution in [2.45, 2.75) is 24.4 Å². The smallest absolute Gasteiger partial charge is 0.405 e. The van der Waals surface area contributed by atoms with Crippen LogP contribution in [0.2, 0.25) is 0 Å². The Kier molecular flexibility index (Phi) is 5.63. The SMILES string of the molecule is OC(Cn1cnnn1)(c1ccc(F)cc1F)C(F)(F)c1ccc2c(OC(F)(F)F)cccc2n1. The molecule has 1 atom stereocenters. The second-order valence-electron chi connectivity index (χ2n) is 7.13. The van der Waals surface area contributed by atoms with Gasteiger partial charge in [0.25, 0.3) is 0 Å². The van der Waals surface area contributed by atoms with Crippen molar-refractivity contribution in [1.29, 1.82) is 0 Å². The Morgan fingerprint density at radius 2 is 1.74 bits per heavy atom. The van der Waals surface area contributed by atoms with Crippen molar-refractivity contribution in [1.82, 2.24) is 25.2 Å². The Balaban J connectivity index is 1.86. The van der Waals surface area contributed by atoms with Crippen molar-refractivity contribution < 1.29 is 40.6 Å². The van der Waals surface area contributed by atoms with Crippen LogP contribution in [-0.2, 0) is 18.1 Å². The van der Waals surface area contributed by atoms with Crippen molar-refractivity contribution in [3.63, 3.8) is 0 Å². The van der Waals surface area contributed by atoms with Crippen molar-refractivity contribution >= 4 is 10.9 Å². The second-order valence-corrected chi connectivity index (χ2v) is 7.13. The average Bonchev–Trinajstić information content (AvgIpc) is 3.25. The first-order valence-electron chi connectivity index (χ1n) is 9.33. The lowest BCUT2D eigenvalue weighted by atomic mass is 9.84. The molecule has 1 N–H and O–H groups in total. The number of hydrogen-bond donors (Lipinski definition) is 1. The first-order valence-corrected chi connectivity index (χ1v) is 9.33. The minimum absolute atomic E-state index is 0.239. The molecule has 4 aromatic rings. The molecule has 2 heterocycles.